The van der Waals surface area contributed by atoms with Crippen LogP contribution in [0.1, 0.15) is 24.1 Å². The summed E-state index contributed by atoms with van der Waals surface area (Å²) in [6.45, 7) is 2.17. The number of hydrogen-bond acceptors (Lipinski definition) is 2. The Morgan fingerprint density at radius 2 is 1.89 bits per heavy atom. The molecule has 100 valence electrons. The van der Waals surface area contributed by atoms with Crippen molar-refractivity contribution in [2.24, 2.45) is 0 Å². The number of nitrogens with one attached hydrogen (secondary N) is 1. The van der Waals surface area contributed by atoms with Gasteiger partial charge in [-0.15, -0.1) is 11.8 Å². The van der Waals surface area contributed by atoms with Crippen molar-refractivity contribution >= 4 is 27.7 Å². The first-order valence-electron chi connectivity index (χ1n) is 6.34. The standard InChI is InChI=1S/C16H18BrNS/c1-12(18-2)14-8-9-16(15(17)10-14)19-11-13-6-4-3-5-7-13/h3-10,12,18H,11H2,1-2H3. The predicted octanol–water partition coefficient (Wildman–Crippen LogP) is 5.02. The summed E-state index contributed by atoms with van der Waals surface area (Å²) in [6, 6.07) is 17.5. The molecule has 1 unspecified atom stereocenters. The number of thioether (sulfide) groups is 1. The lowest BCUT2D eigenvalue weighted by molar-refractivity contribution is 0.651. The summed E-state index contributed by atoms with van der Waals surface area (Å²) in [5, 5.41) is 3.26. The van der Waals surface area contributed by atoms with Gasteiger partial charge in [0.25, 0.3) is 0 Å². The summed E-state index contributed by atoms with van der Waals surface area (Å²) in [4.78, 5) is 1.29. The zero-order valence-corrected chi connectivity index (χ0v) is 13.6. The maximum Gasteiger partial charge on any atom is 0.0314 e. The molecule has 0 aromatic heterocycles. The van der Waals surface area contributed by atoms with Crippen LogP contribution in [-0.2, 0) is 5.75 Å². The molecule has 2 aromatic carbocycles. The second-order valence-corrected chi connectivity index (χ2v) is 6.35. The summed E-state index contributed by atoms with van der Waals surface area (Å²) >= 11 is 5.53. The average molecular weight is 336 g/mol. The van der Waals surface area contributed by atoms with Crippen LogP contribution in [-0.4, -0.2) is 7.05 Å². The zero-order valence-electron chi connectivity index (χ0n) is 11.2. The van der Waals surface area contributed by atoms with Crippen molar-refractivity contribution in [3.63, 3.8) is 0 Å². The van der Waals surface area contributed by atoms with E-state index in [2.05, 4.69) is 76.7 Å². The van der Waals surface area contributed by atoms with Crippen LogP contribution >= 0.6 is 27.7 Å². The van der Waals surface area contributed by atoms with Crippen molar-refractivity contribution < 1.29 is 0 Å². The fourth-order valence-corrected chi connectivity index (χ4v) is 3.42. The maximum absolute atomic E-state index is 3.67. The Bertz CT molecular complexity index is 528. The van der Waals surface area contributed by atoms with Gasteiger partial charge in [0.1, 0.15) is 0 Å². The molecule has 19 heavy (non-hydrogen) atoms. The minimum Gasteiger partial charge on any atom is -0.313 e. The molecule has 0 aliphatic heterocycles. The molecule has 0 radical (unpaired) electrons. The molecule has 0 saturated carbocycles. The Hall–Kier alpha value is -0.770. The molecule has 2 aromatic rings. The molecular formula is C16H18BrNS. The van der Waals surface area contributed by atoms with Crippen LogP contribution in [0.2, 0.25) is 0 Å². The van der Waals surface area contributed by atoms with Crippen LogP contribution < -0.4 is 5.32 Å². The number of benzene rings is 2. The highest BCUT2D eigenvalue weighted by atomic mass is 79.9. The molecule has 0 saturated heterocycles. The van der Waals surface area contributed by atoms with Crippen LogP contribution in [0.3, 0.4) is 0 Å². The summed E-state index contributed by atoms with van der Waals surface area (Å²) in [7, 11) is 1.98. The van der Waals surface area contributed by atoms with Gasteiger partial charge in [0, 0.05) is 21.2 Å². The lowest BCUT2D eigenvalue weighted by Crippen LogP contribution is -2.12. The van der Waals surface area contributed by atoms with E-state index in [9.17, 15) is 0 Å². The quantitative estimate of drug-likeness (QED) is 0.769. The van der Waals surface area contributed by atoms with Crippen LogP contribution in [0.25, 0.3) is 0 Å². The molecule has 0 bridgehead atoms. The Morgan fingerprint density at radius 3 is 2.53 bits per heavy atom. The van der Waals surface area contributed by atoms with E-state index in [0.29, 0.717) is 6.04 Å². The van der Waals surface area contributed by atoms with Crippen molar-refractivity contribution in [3.05, 3.63) is 64.1 Å². The molecule has 0 heterocycles. The zero-order chi connectivity index (χ0) is 13.7. The predicted molar refractivity (Wildman–Crippen MR) is 87.6 cm³/mol. The van der Waals surface area contributed by atoms with Gasteiger partial charge in [-0.2, -0.15) is 0 Å². The molecule has 3 heteroatoms. The molecular weight excluding hydrogens is 318 g/mol. The molecule has 0 fully saturated rings. The van der Waals surface area contributed by atoms with Crippen LogP contribution in [0, 0.1) is 0 Å². The van der Waals surface area contributed by atoms with E-state index in [1.807, 2.05) is 18.8 Å². The lowest BCUT2D eigenvalue weighted by Gasteiger charge is -2.12. The Labute approximate surface area is 127 Å². The van der Waals surface area contributed by atoms with Gasteiger partial charge < -0.3 is 5.32 Å². The number of hydrogen-bond donors (Lipinski definition) is 1. The van der Waals surface area contributed by atoms with Gasteiger partial charge in [0.2, 0.25) is 0 Å². The van der Waals surface area contributed by atoms with Crippen LogP contribution in [0.5, 0.6) is 0 Å². The highest BCUT2D eigenvalue weighted by Crippen LogP contribution is 2.32. The van der Waals surface area contributed by atoms with E-state index in [4.69, 9.17) is 0 Å². The van der Waals surface area contributed by atoms with Crippen molar-refractivity contribution in [2.45, 2.75) is 23.6 Å². The largest absolute Gasteiger partial charge is 0.313 e. The average Bonchev–Trinajstić information content (AvgIpc) is 2.46. The van der Waals surface area contributed by atoms with Gasteiger partial charge >= 0.3 is 0 Å². The monoisotopic (exact) mass is 335 g/mol. The van der Waals surface area contributed by atoms with Gasteiger partial charge in [0.05, 0.1) is 0 Å². The molecule has 0 amide bonds. The highest BCUT2D eigenvalue weighted by Gasteiger charge is 2.06. The maximum atomic E-state index is 3.67. The van der Waals surface area contributed by atoms with Gasteiger partial charge in [-0.1, -0.05) is 36.4 Å². The van der Waals surface area contributed by atoms with E-state index in [1.54, 1.807) is 0 Å². The SMILES string of the molecule is CNC(C)c1ccc(SCc2ccccc2)c(Br)c1. The smallest absolute Gasteiger partial charge is 0.0314 e. The summed E-state index contributed by atoms with van der Waals surface area (Å²) in [6.07, 6.45) is 0. The Kier molecular flexibility index (Phi) is 5.49. The van der Waals surface area contributed by atoms with Crippen molar-refractivity contribution in [2.75, 3.05) is 7.05 Å². The molecule has 1 atom stereocenters. The summed E-state index contributed by atoms with van der Waals surface area (Å²) < 4.78 is 1.17. The van der Waals surface area contributed by atoms with E-state index >= 15 is 0 Å². The molecule has 2 rings (SSSR count). The Balaban J connectivity index is 2.05. The minimum atomic E-state index is 0.379. The minimum absolute atomic E-state index is 0.379. The van der Waals surface area contributed by atoms with E-state index in [-0.39, 0.29) is 0 Å². The molecule has 1 N–H and O–H groups in total. The molecule has 0 aliphatic carbocycles. The third-order valence-electron chi connectivity index (χ3n) is 3.13. The molecule has 1 nitrogen and oxygen atoms in total. The second-order valence-electron chi connectivity index (χ2n) is 4.47. The first-order valence-corrected chi connectivity index (χ1v) is 8.12. The van der Waals surface area contributed by atoms with E-state index < -0.39 is 0 Å². The number of halogens is 1. The van der Waals surface area contributed by atoms with Crippen molar-refractivity contribution in [3.8, 4) is 0 Å². The van der Waals surface area contributed by atoms with Gasteiger partial charge in [-0.25, -0.2) is 0 Å². The normalized spacial score (nSPS) is 12.4. The van der Waals surface area contributed by atoms with Gasteiger partial charge in [-0.3, -0.25) is 0 Å². The summed E-state index contributed by atoms with van der Waals surface area (Å²) in [5.74, 6) is 1.00. The highest BCUT2D eigenvalue weighted by molar-refractivity contribution is 9.10. The van der Waals surface area contributed by atoms with Crippen LogP contribution in [0.4, 0.5) is 0 Å². The van der Waals surface area contributed by atoms with Crippen molar-refractivity contribution in [1.82, 2.24) is 5.32 Å². The third-order valence-corrected chi connectivity index (χ3v) is 5.19. The molecule has 0 spiro atoms. The van der Waals surface area contributed by atoms with Gasteiger partial charge in [0.15, 0.2) is 0 Å². The van der Waals surface area contributed by atoms with Gasteiger partial charge in [-0.05, 0) is 53.2 Å². The molecule has 0 aliphatic rings. The van der Waals surface area contributed by atoms with Crippen molar-refractivity contribution in [1.29, 1.82) is 0 Å². The fraction of sp³-hybridized carbons (Fsp3) is 0.250. The second kappa shape index (κ2) is 7.13. The van der Waals surface area contributed by atoms with E-state index in [1.165, 1.54) is 20.5 Å². The van der Waals surface area contributed by atoms with Crippen LogP contribution in [0.15, 0.2) is 57.9 Å². The first-order chi connectivity index (χ1) is 9.20. The fourth-order valence-electron chi connectivity index (χ4n) is 1.81. The lowest BCUT2D eigenvalue weighted by atomic mass is 10.1. The topological polar surface area (TPSA) is 12.0 Å². The summed E-state index contributed by atoms with van der Waals surface area (Å²) in [5.41, 5.74) is 2.66. The Morgan fingerprint density at radius 1 is 1.16 bits per heavy atom. The van der Waals surface area contributed by atoms with E-state index in [0.717, 1.165) is 5.75 Å². The first kappa shape index (κ1) is 14.6. The number of rotatable bonds is 5. The third kappa shape index (κ3) is 4.10.